The van der Waals surface area contributed by atoms with Gasteiger partial charge in [-0.05, 0) is 19.1 Å². The highest BCUT2D eigenvalue weighted by Gasteiger charge is 2.21. The fourth-order valence-electron chi connectivity index (χ4n) is 2.24. The summed E-state index contributed by atoms with van der Waals surface area (Å²) in [6.45, 7) is 4.77. The van der Waals surface area contributed by atoms with Crippen molar-refractivity contribution in [3.05, 3.63) is 41.7 Å². The number of aromatic nitrogens is 2. The molecule has 3 rings (SSSR count). The van der Waals surface area contributed by atoms with Gasteiger partial charge in [-0.3, -0.25) is 4.79 Å². The van der Waals surface area contributed by atoms with Crippen LogP contribution in [-0.2, 0) is 4.79 Å². The molecule has 2 aromatic rings. The normalized spacial score (nSPS) is 14.4. The van der Waals surface area contributed by atoms with Crippen LogP contribution < -0.4 is 4.90 Å². The molecule has 6 heteroatoms. The highest BCUT2D eigenvalue weighted by atomic mass is 32.1. The van der Waals surface area contributed by atoms with Gasteiger partial charge in [0.05, 0.1) is 0 Å². The van der Waals surface area contributed by atoms with Gasteiger partial charge in [0, 0.05) is 49.2 Å². The van der Waals surface area contributed by atoms with E-state index in [1.165, 1.54) is 11.5 Å². The lowest BCUT2D eigenvalue weighted by Crippen LogP contribution is -2.48. The maximum Gasteiger partial charge on any atom is 0.298 e. The number of carbonyl (C=O) groups is 1. The van der Waals surface area contributed by atoms with E-state index in [0.29, 0.717) is 13.1 Å². The van der Waals surface area contributed by atoms with E-state index in [0.717, 1.165) is 29.6 Å². The smallest absolute Gasteiger partial charge is 0.298 e. The monoisotopic (exact) mass is 312 g/mol. The molecule has 1 aromatic heterocycles. The number of aryl methyl sites for hydroxylation is 1. The third kappa shape index (κ3) is 3.43. The van der Waals surface area contributed by atoms with Crippen LogP contribution in [0.3, 0.4) is 0 Å². The van der Waals surface area contributed by atoms with Crippen molar-refractivity contribution >= 4 is 22.6 Å². The average molecular weight is 312 g/mol. The molecule has 1 aliphatic heterocycles. The molecule has 5 nitrogen and oxygen atoms in total. The van der Waals surface area contributed by atoms with E-state index in [9.17, 15) is 4.79 Å². The van der Waals surface area contributed by atoms with Crippen molar-refractivity contribution in [3.63, 3.8) is 0 Å². The molecule has 0 spiro atoms. The van der Waals surface area contributed by atoms with Crippen molar-refractivity contribution in [1.82, 2.24) is 14.3 Å². The summed E-state index contributed by atoms with van der Waals surface area (Å²) in [5.74, 6) is 6.32. The summed E-state index contributed by atoms with van der Waals surface area (Å²) in [6, 6.07) is 9.56. The zero-order valence-electron chi connectivity index (χ0n) is 12.3. The second-order valence-electron chi connectivity index (χ2n) is 5.02. The Hall–Kier alpha value is -2.39. The summed E-state index contributed by atoms with van der Waals surface area (Å²) in [5.41, 5.74) is 0.860. The topological polar surface area (TPSA) is 49.3 Å². The van der Waals surface area contributed by atoms with Crippen LogP contribution in [0.2, 0.25) is 0 Å². The Kier molecular flexibility index (Phi) is 4.35. The van der Waals surface area contributed by atoms with Gasteiger partial charge < -0.3 is 9.80 Å². The van der Waals surface area contributed by atoms with Gasteiger partial charge in [-0.25, -0.2) is 4.98 Å². The molecule has 2 heterocycles. The van der Waals surface area contributed by atoms with Crippen molar-refractivity contribution in [3.8, 4) is 11.8 Å². The number of amides is 1. The summed E-state index contributed by atoms with van der Waals surface area (Å²) < 4.78 is 4.19. The maximum atomic E-state index is 12.1. The molecule has 1 saturated heterocycles. The number of hydrogen-bond acceptors (Lipinski definition) is 5. The number of benzene rings is 1. The molecule has 0 radical (unpaired) electrons. The number of rotatable bonds is 1. The van der Waals surface area contributed by atoms with E-state index in [4.69, 9.17) is 0 Å². The van der Waals surface area contributed by atoms with E-state index in [1.807, 2.05) is 37.3 Å². The van der Waals surface area contributed by atoms with Crippen molar-refractivity contribution in [2.45, 2.75) is 6.92 Å². The third-order valence-corrected chi connectivity index (χ3v) is 4.31. The Morgan fingerprint density at radius 1 is 1.18 bits per heavy atom. The standard InChI is InChI=1S/C16H16N4OS/c1-13-17-16(22-18-13)20-11-9-19(10-12-20)15(21)8-7-14-5-3-2-4-6-14/h2-6H,9-12H2,1H3. The largest absolute Gasteiger partial charge is 0.343 e. The summed E-state index contributed by atoms with van der Waals surface area (Å²) in [6.07, 6.45) is 0. The van der Waals surface area contributed by atoms with Crippen LogP contribution >= 0.6 is 11.5 Å². The van der Waals surface area contributed by atoms with Crippen molar-refractivity contribution in [1.29, 1.82) is 0 Å². The van der Waals surface area contributed by atoms with Crippen molar-refractivity contribution < 1.29 is 4.79 Å². The molecule has 0 saturated carbocycles. The number of anilines is 1. The van der Waals surface area contributed by atoms with Crippen LogP contribution in [0.15, 0.2) is 30.3 Å². The molecule has 0 N–H and O–H groups in total. The summed E-state index contributed by atoms with van der Waals surface area (Å²) >= 11 is 1.41. The molecule has 0 aliphatic carbocycles. The van der Waals surface area contributed by atoms with Gasteiger partial charge in [0.2, 0.25) is 5.13 Å². The van der Waals surface area contributed by atoms with Gasteiger partial charge in [-0.15, -0.1) is 0 Å². The van der Waals surface area contributed by atoms with Crippen LogP contribution in [0.25, 0.3) is 0 Å². The van der Waals surface area contributed by atoms with Gasteiger partial charge in [0.25, 0.3) is 5.91 Å². The van der Waals surface area contributed by atoms with E-state index in [2.05, 4.69) is 26.1 Å². The van der Waals surface area contributed by atoms with Gasteiger partial charge >= 0.3 is 0 Å². The molecule has 22 heavy (non-hydrogen) atoms. The number of nitrogens with zero attached hydrogens (tertiary/aromatic N) is 4. The molecule has 0 atom stereocenters. The summed E-state index contributed by atoms with van der Waals surface area (Å²) in [5, 5.41) is 0.931. The number of piperazine rings is 1. The molecular formula is C16H16N4OS. The van der Waals surface area contributed by atoms with Gasteiger partial charge in [0.1, 0.15) is 5.82 Å². The summed E-state index contributed by atoms with van der Waals surface area (Å²) in [7, 11) is 0. The minimum atomic E-state index is -0.114. The molecule has 112 valence electrons. The van der Waals surface area contributed by atoms with Crippen molar-refractivity contribution in [2.75, 3.05) is 31.1 Å². The fraction of sp³-hybridized carbons (Fsp3) is 0.312. The molecule has 1 amide bonds. The Morgan fingerprint density at radius 3 is 2.55 bits per heavy atom. The first-order valence-corrected chi connectivity index (χ1v) is 7.91. The first kappa shape index (κ1) is 14.5. The van der Waals surface area contributed by atoms with E-state index < -0.39 is 0 Å². The number of carbonyl (C=O) groups excluding carboxylic acids is 1. The Balaban J connectivity index is 1.57. The summed E-state index contributed by atoms with van der Waals surface area (Å²) in [4.78, 5) is 20.5. The number of hydrogen-bond donors (Lipinski definition) is 0. The second-order valence-corrected chi connectivity index (χ2v) is 5.75. The minimum Gasteiger partial charge on any atom is -0.343 e. The third-order valence-electron chi connectivity index (χ3n) is 3.44. The fourth-order valence-corrected chi connectivity index (χ4v) is 2.97. The van der Waals surface area contributed by atoms with Crippen LogP contribution in [0, 0.1) is 18.8 Å². The highest BCUT2D eigenvalue weighted by Crippen LogP contribution is 2.18. The van der Waals surface area contributed by atoms with Crippen LogP contribution in [0.5, 0.6) is 0 Å². The maximum absolute atomic E-state index is 12.1. The van der Waals surface area contributed by atoms with Crippen molar-refractivity contribution in [2.24, 2.45) is 0 Å². The van der Waals surface area contributed by atoms with Crippen LogP contribution in [0.4, 0.5) is 5.13 Å². The Bertz CT molecular complexity index is 708. The SMILES string of the molecule is Cc1nsc(N2CCN(C(=O)C#Cc3ccccc3)CC2)n1. The van der Waals surface area contributed by atoms with Gasteiger partial charge in [-0.1, -0.05) is 24.1 Å². The lowest BCUT2D eigenvalue weighted by molar-refractivity contribution is -0.125. The Morgan fingerprint density at radius 2 is 1.91 bits per heavy atom. The molecule has 1 aliphatic rings. The average Bonchev–Trinajstić information content (AvgIpc) is 3.00. The minimum absolute atomic E-state index is 0.114. The van der Waals surface area contributed by atoms with E-state index in [1.54, 1.807) is 4.90 Å². The predicted octanol–water partition coefficient (Wildman–Crippen LogP) is 1.55. The van der Waals surface area contributed by atoms with Gasteiger partial charge in [0.15, 0.2) is 0 Å². The molecule has 1 fully saturated rings. The van der Waals surface area contributed by atoms with Crippen LogP contribution in [-0.4, -0.2) is 46.3 Å². The highest BCUT2D eigenvalue weighted by molar-refractivity contribution is 7.09. The second kappa shape index (κ2) is 6.58. The predicted molar refractivity (Wildman–Crippen MR) is 86.8 cm³/mol. The Labute approximate surface area is 133 Å². The van der Waals surface area contributed by atoms with Gasteiger partial charge in [-0.2, -0.15) is 4.37 Å². The van der Waals surface area contributed by atoms with E-state index >= 15 is 0 Å². The first-order valence-electron chi connectivity index (χ1n) is 7.13. The zero-order chi connectivity index (χ0) is 15.4. The molecule has 0 bridgehead atoms. The molecule has 1 aromatic carbocycles. The van der Waals surface area contributed by atoms with Crippen LogP contribution in [0.1, 0.15) is 11.4 Å². The lowest BCUT2D eigenvalue weighted by atomic mass is 10.2. The lowest BCUT2D eigenvalue weighted by Gasteiger charge is -2.33. The zero-order valence-corrected chi connectivity index (χ0v) is 13.1. The molecule has 0 unspecified atom stereocenters. The molecular weight excluding hydrogens is 296 g/mol. The quantitative estimate of drug-likeness (QED) is 0.750. The first-order chi connectivity index (χ1) is 10.7. The van der Waals surface area contributed by atoms with E-state index in [-0.39, 0.29) is 5.91 Å².